The Morgan fingerprint density at radius 2 is 1.82 bits per heavy atom. The third-order valence-electron chi connectivity index (χ3n) is 6.81. The smallest absolute Gasteiger partial charge is 0.243 e. The van der Waals surface area contributed by atoms with Crippen LogP contribution in [0.3, 0.4) is 0 Å². The summed E-state index contributed by atoms with van der Waals surface area (Å²) >= 11 is 4.99. The van der Waals surface area contributed by atoms with Crippen molar-refractivity contribution in [2.75, 3.05) is 40.5 Å². The SMILES string of the molecule is COc1ccc(CCN(Cc2ccc(C)s2)C(=O)CN(CC2CCCO2)S(=O)(=O)c2ccc(Br)cc2)cc1OC. The number of nitrogens with zero attached hydrogens (tertiary/aromatic N) is 2. The van der Waals surface area contributed by atoms with Crippen LogP contribution in [0, 0.1) is 6.92 Å². The van der Waals surface area contributed by atoms with Crippen LogP contribution in [0.4, 0.5) is 0 Å². The number of thiophene rings is 1. The summed E-state index contributed by atoms with van der Waals surface area (Å²) in [5.74, 6) is 0.997. The molecule has 0 bridgehead atoms. The van der Waals surface area contributed by atoms with Crippen molar-refractivity contribution in [2.24, 2.45) is 0 Å². The molecule has 1 unspecified atom stereocenters. The van der Waals surface area contributed by atoms with Gasteiger partial charge < -0.3 is 19.1 Å². The van der Waals surface area contributed by atoms with E-state index in [9.17, 15) is 13.2 Å². The van der Waals surface area contributed by atoms with Gasteiger partial charge in [0.15, 0.2) is 11.5 Å². The number of carbonyl (C=O) groups is 1. The van der Waals surface area contributed by atoms with E-state index >= 15 is 0 Å². The molecular formula is C29H35BrN2O6S2. The van der Waals surface area contributed by atoms with Crippen LogP contribution in [0.15, 0.2) is 64.0 Å². The summed E-state index contributed by atoms with van der Waals surface area (Å²) in [5, 5.41) is 0. The molecule has 1 amide bonds. The third kappa shape index (κ3) is 7.85. The molecule has 0 saturated carbocycles. The van der Waals surface area contributed by atoms with Gasteiger partial charge in [0.05, 0.1) is 38.3 Å². The van der Waals surface area contributed by atoms with Gasteiger partial charge in [-0.15, -0.1) is 11.3 Å². The van der Waals surface area contributed by atoms with E-state index in [2.05, 4.69) is 15.9 Å². The van der Waals surface area contributed by atoms with Gasteiger partial charge in [0, 0.05) is 33.9 Å². The number of ether oxygens (including phenoxy) is 3. The van der Waals surface area contributed by atoms with Gasteiger partial charge in [-0.05, 0) is 80.3 Å². The second-order valence-electron chi connectivity index (χ2n) is 9.65. The Morgan fingerprint density at radius 1 is 1.07 bits per heavy atom. The molecule has 1 saturated heterocycles. The molecule has 11 heteroatoms. The quantitative estimate of drug-likeness (QED) is 0.250. The first-order valence-corrected chi connectivity index (χ1v) is 16.2. The van der Waals surface area contributed by atoms with Crippen molar-refractivity contribution in [3.8, 4) is 11.5 Å². The number of aryl methyl sites for hydroxylation is 1. The number of halogens is 1. The lowest BCUT2D eigenvalue weighted by atomic mass is 10.1. The van der Waals surface area contributed by atoms with Crippen LogP contribution in [-0.4, -0.2) is 70.1 Å². The van der Waals surface area contributed by atoms with E-state index in [1.54, 1.807) is 54.7 Å². The Kier molecular flexibility index (Phi) is 10.6. The van der Waals surface area contributed by atoms with Crippen LogP contribution < -0.4 is 9.47 Å². The first-order chi connectivity index (χ1) is 19.2. The molecule has 1 fully saturated rings. The van der Waals surface area contributed by atoms with Crippen molar-refractivity contribution in [3.63, 3.8) is 0 Å². The van der Waals surface area contributed by atoms with E-state index < -0.39 is 10.0 Å². The van der Waals surface area contributed by atoms with Crippen LogP contribution in [0.2, 0.25) is 0 Å². The highest BCUT2D eigenvalue weighted by Crippen LogP contribution is 2.28. The molecule has 2 heterocycles. The lowest BCUT2D eigenvalue weighted by Crippen LogP contribution is -2.45. The molecule has 0 aliphatic carbocycles. The number of sulfonamides is 1. The molecule has 0 spiro atoms. The van der Waals surface area contributed by atoms with Gasteiger partial charge in [-0.2, -0.15) is 4.31 Å². The van der Waals surface area contributed by atoms with Crippen LogP contribution in [0.1, 0.15) is 28.2 Å². The lowest BCUT2D eigenvalue weighted by Gasteiger charge is -2.28. The number of rotatable bonds is 13. The Balaban J connectivity index is 1.57. The minimum Gasteiger partial charge on any atom is -0.493 e. The number of amides is 1. The van der Waals surface area contributed by atoms with Crippen molar-refractivity contribution in [1.82, 2.24) is 9.21 Å². The number of carbonyl (C=O) groups excluding carboxylic acids is 1. The maximum absolute atomic E-state index is 13.8. The van der Waals surface area contributed by atoms with E-state index in [0.717, 1.165) is 32.6 Å². The molecule has 0 N–H and O–H groups in total. The molecule has 0 radical (unpaired) electrons. The molecule has 216 valence electrons. The second-order valence-corrected chi connectivity index (χ2v) is 13.9. The molecule has 1 atom stereocenters. The average Bonchev–Trinajstić information content (AvgIpc) is 3.62. The van der Waals surface area contributed by atoms with Crippen LogP contribution in [-0.2, 0) is 32.5 Å². The molecule has 1 aromatic heterocycles. The van der Waals surface area contributed by atoms with Crippen molar-refractivity contribution >= 4 is 43.2 Å². The summed E-state index contributed by atoms with van der Waals surface area (Å²) in [7, 11) is -0.752. The fourth-order valence-corrected chi connectivity index (χ4v) is 7.21. The fourth-order valence-electron chi connectivity index (χ4n) is 4.62. The van der Waals surface area contributed by atoms with Crippen LogP contribution >= 0.6 is 27.3 Å². The first-order valence-electron chi connectivity index (χ1n) is 13.1. The van der Waals surface area contributed by atoms with Gasteiger partial charge in [-0.3, -0.25) is 4.79 Å². The average molecular weight is 652 g/mol. The molecular weight excluding hydrogens is 616 g/mol. The summed E-state index contributed by atoms with van der Waals surface area (Å²) < 4.78 is 46.0. The number of methoxy groups -OCH3 is 2. The standard InChI is InChI=1S/C29H35BrN2O6S2/c1-21-6-10-25(39-21)19-31(15-14-22-7-13-27(36-2)28(17-22)37-3)29(33)20-32(18-24-5-4-16-38-24)40(34,35)26-11-8-23(30)9-12-26/h6-13,17,24H,4-5,14-16,18-20H2,1-3H3. The van der Waals surface area contributed by atoms with Crippen LogP contribution in [0.25, 0.3) is 0 Å². The minimum atomic E-state index is -3.93. The van der Waals surface area contributed by atoms with Crippen molar-refractivity contribution in [2.45, 2.75) is 43.7 Å². The zero-order valence-corrected chi connectivity index (χ0v) is 26.2. The predicted molar refractivity (Wildman–Crippen MR) is 160 cm³/mol. The van der Waals surface area contributed by atoms with Crippen molar-refractivity contribution in [1.29, 1.82) is 0 Å². The zero-order chi connectivity index (χ0) is 28.7. The lowest BCUT2D eigenvalue weighted by molar-refractivity contribution is -0.132. The van der Waals surface area contributed by atoms with E-state index in [1.807, 2.05) is 37.3 Å². The summed E-state index contributed by atoms with van der Waals surface area (Å²) in [6, 6.07) is 16.2. The predicted octanol–water partition coefficient (Wildman–Crippen LogP) is 5.28. The van der Waals surface area contributed by atoms with E-state index in [-0.39, 0.29) is 30.0 Å². The maximum Gasteiger partial charge on any atom is 0.243 e. The van der Waals surface area contributed by atoms with Gasteiger partial charge in [0.2, 0.25) is 15.9 Å². The molecule has 4 rings (SSSR count). The number of hydrogen-bond acceptors (Lipinski definition) is 7. The zero-order valence-electron chi connectivity index (χ0n) is 23.0. The Hall–Kier alpha value is -2.44. The minimum absolute atomic E-state index is 0.131. The van der Waals surface area contributed by atoms with Gasteiger partial charge >= 0.3 is 0 Å². The maximum atomic E-state index is 13.8. The van der Waals surface area contributed by atoms with Crippen molar-refractivity contribution < 1.29 is 27.4 Å². The van der Waals surface area contributed by atoms with Gasteiger partial charge in [0.25, 0.3) is 0 Å². The first kappa shape index (κ1) is 30.5. The molecule has 8 nitrogen and oxygen atoms in total. The highest BCUT2D eigenvalue weighted by atomic mass is 79.9. The second kappa shape index (κ2) is 14.0. The van der Waals surface area contributed by atoms with Crippen molar-refractivity contribution in [3.05, 3.63) is 74.4 Å². The summed E-state index contributed by atoms with van der Waals surface area (Å²) in [6.45, 7) is 3.30. The molecule has 2 aromatic carbocycles. The van der Waals surface area contributed by atoms with E-state index in [4.69, 9.17) is 14.2 Å². The number of hydrogen-bond donors (Lipinski definition) is 0. The van der Waals surface area contributed by atoms with Gasteiger partial charge in [0.1, 0.15) is 0 Å². The fraction of sp³-hybridized carbons (Fsp3) is 0.414. The Labute approximate surface area is 249 Å². The number of benzene rings is 2. The Bertz CT molecular complexity index is 1390. The summed E-state index contributed by atoms with van der Waals surface area (Å²) in [5.41, 5.74) is 0.983. The molecule has 1 aliphatic rings. The summed E-state index contributed by atoms with van der Waals surface area (Å²) in [4.78, 5) is 17.9. The van der Waals surface area contributed by atoms with Gasteiger partial charge in [-0.1, -0.05) is 22.0 Å². The highest BCUT2D eigenvalue weighted by molar-refractivity contribution is 9.10. The van der Waals surface area contributed by atoms with Gasteiger partial charge in [-0.25, -0.2) is 8.42 Å². The highest BCUT2D eigenvalue weighted by Gasteiger charge is 2.32. The molecule has 3 aromatic rings. The molecule has 1 aliphatic heterocycles. The Morgan fingerprint density at radius 3 is 2.45 bits per heavy atom. The third-order valence-corrected chi connectivity index (χ3v) is 10.1. The largest absolute Gasteiger partial charge is 0.493 e. The summed E-state index contributed by atoms with van der Waals surface area (Å²) in [6.07, 6.45) is 1.97. The molecule has 40 heavy (non-hydrogen) atoms. The monoisotopic (exact) mass is 650 g/mol. The van der Waals surface area contributed by atoms with E-state index in [1.165, 1.54) is 4.31 Å². The van der Waals surface area contributed by atoms with E-state index in [0.29, 0.717) is 37.6 Å². The topological polar surface area (TPSA) is 85.4 Å². The normalized spacial score (nSPS) is 15.4. The van der Waals surface area contributed by atoms with Crippen LogP contribution in [0.5, 0.6) is 11.5 Å².